The summed E-state index contributed by atoms with van der Waals surface area (Å²) in [6, 6.07) is 1.77. The standard InChI is InChI=1S/C11H20N4/c1-3-14(10-5-12(1)6-10)9-15-4-2-13-7-11(15)8-13/h10-11H,1-9H2. The van der Waals surface area contributed by atoms with Gasteiger partial charge in [0.1, 0.15) is 0 Å². The summed E-state index contributed by atoms with van der Waals surface area (Å²) in [5.74, 6) is 0. The fraction of sp³-hybridized carbons (Fsp3) is 1.00. The van der Waals surface area contributed by atoms with Crippen LogP contribution >= 0.6 is 0 Å². The third-order valence-corrected chi connectivity index (χ3v) is 4.68. The van der Waals surface area contributed by atoms with Gasteiger partial charge in [0.2, 0.25) is 0 Å². The molecule has 0 amide bonds. The van der Waals surface area contributed by atoms with Crippen LogP contribution in [0.15, 0.2) is 0 Å². The van der Waals surface area contributed by atoms with E-state index in [1.54, 1.807) is 0 Å². The zero-order valence-electron chi connectivity index (χ0n) is 9.31. The third kappa shape index (κ3) is 1.35. The summed E-state index contributed by atoms with van der Waals surface area (Å²) < 4.78 is 0. The maximum atomic E-state index is 2.72. The summed E-state index contributed by atoms with van der Waals surface area (Å²) in [7, 11) is 0. The quantitative estimate of drug-likeness (QED) is 0.574. The maximum absolute atomic E-state index is 2.72. The summed E-state index contributed by atoms with van der Waals surface area (Å²) >= 11 is 0. The number of hydrogen-bond acceptors (Lipinski definition) is 4. The second kappa shape index (κ2) is 3.17. The van der Waals surface area contributed by atoms with E-state index in [1.807, 2.05) is 0 Å². The topological polar surface area (TPSA) is 13.0 Å². The minimum absolute atomic E-state index is 0.886. The molecule has 0 aromatic rings. The molecular formula is C11H20N4. The van der Waals surface area contributed by atoms with Crippen LogP contribution in [0, 0.1) is 0 Å². The number of piperazine rings is 4. The number of fused-ring (bicyclic) bond motifs is 4. The third-order valence-electron chi connectivity index (χ3n) is 4.68. The first-order chi connectivity index (χ1) is 7.38. The Morgan fingerprint density at radius 2 is 1.13 bits per heavy atom. The predicted octanol–water partition coefficient (Wildman–Crippen LogP) is -1.06. The minimum atomic E-state index is 0.886. The van der Waals surface area contributed by atoms with Crippen molar-refractivity contribution in [1.29, 1.82) is 0 Å². The normalized spacial score (nSPS) is 49.6. The molecule has 0 atom stereocenters. The Kier molecular flexibility index (Phi) is 1.89. The molecule has 4 bridgehead atoms. The molecule has 0 N–H and O–H groups in total. The molecule has 0 aromatic carbocycles. The summed E-state index contributed by atoms with van der Waals surface area (Å²) in [6.45, 7) is 11.8. The Balaban J connectivity index is 1.38. The highest BCUT2D eigenvalue weighted by Crippen LogP contribution is 2.24. The fourth-order valence-corrected chi connectivity index (χ4v) is 3.42. The van der Waals surface area contributed by atoms with Gasteiger partial charge in [0, 0.05) is 64.4 Å². The van der Waals surface area contributed by atoms with E-state index in [4.69, 9.17) is 0 Å². The van der Waals surface area contributed by atoms with E-state index < -0.39 is 0 Å². The van der Waals surface area contributed by atoms with E-state index in [9.17, 15) is 0 Å². The molecule has 0 radical (unpaired) electrons. The SMILES string of the molecule is C1CN(CN2CCN3CC2C3)C2CN1C2. The molecule has 6 saturated heterocycles. The van der Waals surface area contributed by atoms with E-state index >= 15 is 0 Å². The highest BCUT2D eigenvalue weighted by atomic mass is 15.5. The van der Waals surface area contributed by atoms with Crippen molar-refractivity contribution in [2.24, 2.45) is 0 Å². The molecule has 0 saturated carbocycles. The molecule has 0 unspecified atom stereocenters. The van der Waals surface area contributed by atoms with Crippen LogP contribution in [0.3, 0.4) is 0 Å². The minimum Gasteiger partial charge on any atom is -0.299 e. The Morgan fingerprint density at radius 3 is 1.47 bits per heavy atom. The second-order valence-electron chi connectivity index (χ2n) is 5.59. The van der Waals surface area contributed by atoms with Crippen molar-refractivity contribution < 1.29 is 0 Å². The summed E-state index contributed by atoms with van der Waals surface area (Å²) in [4.78, 5) is 10.6. The first kappa shape index (κ1) is 8.93. The van der Waals surface area contributed by atoms with E-state index in [0.29, 0.717) is 0 Å². The molecule has 84 valence electrons. The molecule has 6 heterocycles. The van der Waals surface area contributed by atoms with Crippen molar-refractivity contribution in [3.8, 4) is 0 Å². The lowest BCUT2D eigenvalue weighted by Crippen LogP contribution is -2.72. The Labute approximate surface area is 91.4 Å². The Morgan fingerprint density at radius 1 is 0.667 bits per heavy atom. The van der Waals surface area contributed by atoms with Gasteiger partial charge < -0.3 is 0 Å². The van der Waals surface area contributed by atoms with Gasteiger partial charge in [0.25, 0.3) is 0 Å². The summed E-state index contributed by atoms with van der Waals surface area (Å²) in [6.07, 6.45) is 0. The van der Waals surface area contributed by atoms with Gasteiger partial charge >= 0.3 is 0 Å². The summed E-state index contributed by atoms with van der Waals surface area (Å²) in [5.41, 5.74) is 0. The zero-order valence-corrected chi connectivity index (χ0v) is 9.31. The molecule has 0 aliphatic carbocycles. The number of rotatable bonds is 2. The molecule has 6 aliphatic heterocycles. The van der Waals surface area contributed by atoms with Gasteiger partial charge in [-0.2, -0.15) is 0 Å². The van der Waals surface area contributed by atoms with Crippen LogP contribution in [0.4, 0.5) is 0 Å². The number of hydrogen-bond donors (Lipinski definition) is 0. The zero-order chi connectivity index (χ0) is 9.83. The lowest BCUT2D eigenvalue weighted by molar-refractivity contribution is -0.0966. The predicted molar refractivity (Wildman–Crippen MR) is 58.7 cm³/mol. The van der Waals surface area contributed by atoms with Crippen molar-refractivity contribution in [2.45, 2.75) is 12.1 Å². The Bertz CT molecular complexity index is 226. The van der Waals surface area contributed by atoms with Gasteiger partial charge in [0.05, 0.1) is 6.67 Å². The monoisotopic (exact) mass is 208 g/mol. The van der Waals surface area contributed by atoms with Crippen LogP contribution in [0.5, 0.6) is 0 Å². The first-order valence-electron chi connectivity index (χ1n) is 6.31. The van der Waals surface area contributed by atoms with Crippen molar-refractivity contribution >= 4 is 0 Å². The molecule has 15 heavy (non-hydrogen) atoms. The van der Waals surface area contributed by atoms with E-state index in [-0.39, 0.29) is 0 Å². The van der Waals surface area contributed by atoms with Gasteiger partial charge in [-0.05, 0) is 0 Å². The largest absolute Gasteiger partial charge is 0.299 e. The fourth-order valence-electron chi connectivity index (χ4n) is 3.42. The van der Waals surface area contributed by atoms with Crippen molar-refractivity contribution in [3.63, 3.8) is 0 Å². The van der Waals surface area contributed by atoms with Crippen LogP contribution in [0.25, 0.3) is 0 Å². The van der Waals surface area contributed by atoms with Crippen molar-refractivity contribution in [2.75, 3.05) is 59.0 Å². The van der Waals surface area contributed by atoms with Crippen molar-refractivity contribution in [3.05, 3.63) is 0 Å². The lowest BCUT2D eigenvalue weighted by Gasteiger charge is -2.56. The van der Waals surface area contributed by atoms with Gasteiger partial charge in [-0.3, -0.25) is 19.6 Å². The molecule has 6 rings (SSSR count). The first-order valence-corrected chi connectivity index (χ1v) is 6.31. The lowest BCUT2D eigenvalue weighted by atomic mass is 10.0. The van der Waals surface area contributed by atoms with Gasteiger partial charge in [-0.25, -0.2) is 0 Å². The van der Waals surface area contributed by atoms with Gasteiger partial charge in [-0.15, -0.1) is 0 Å². The van der Waals surface area contributed by atoms with E-state index in [0.717, 1.165) is 12.1 Å². The van der Waals surface area contributed by atoms with Crippen LogP contribution in [-0.4, -0.2) is 90.7 Å². The average Bonchev–Trinajstić information content (AvgIpc) is 2.15. The molecule has 6 aliphatic rings. The van der Waals surface area contributed by atoms with Crippen molar-refractivity contribution in [1.82, 2.24) is 19.6 Å². The molecule has 6 fully saturated rings. The molecular weight excluding hydrogens is 188 g/mol. The Hall–Kier alpha value is -0.160. The highest BCUT2D eigenvalue weighted by Gasteiger charge is 2.41. The smallest absolute Gasteiger partial charge is 0.0514 e. The molecule has 4 heteroatoms. The molecule has 0 spiro atoms. The summed E-state index contributed by atoms with van der Waals surface area (Å²) in [5, 5.41) is 0. The average molecular weight is 208 g/mol. The highest BCUT2D eigenvalue weighted by molar-refractivity contribution is 4.97. The van der Waals surface area contributed by atoms with Crippen LogP contribution in [-0.2, 0) is 0 Å². The molecule has 0 aromatic heterocycles. The van der Waals surface area contributed by atoms with Crippen LogP contribution in [0.2, 0.25) is 0 Å². The van der Waals surface area contributed by atoms with Gasteiger partial charge in [0.15, 0.2) is 0 Å². The van der Waals surface area contributed by atoms with Gasteiger partial charge in [-0.1, -0.05) is 0 Å². The second-order valence-corrected chi connectivity index (χ2v) is 5.59. The molecule has 4 nitrogen and oxygen atoms in total. The maximum Gasteiger partial charge on any atom is 0.0514 e. The van der Waals surface area contributed by atoms with Crippen LogP contribution in [0.1, 0.15) is 0 Å². The number of nitrogens with zero attached hydrogens (tertiary/aromatic N) is 4. The van der Waals surface area contributed by atoms with E-state index in [1.165, 1.54) is 59.0 Å². The van der Waals surface area contributed by atoms with Crippen LogP contribution < -0.4 is 0 Å². The van der Waals surface area contributed by atoms with E-state index in [2.05, 4.69) is 19.6 Å².